The van der Waals surface area contributed by atoms with Gasteiger partial charge in [0.1, 0.15) is 12.4 Å². The number of nitrogens with two attached hydrogens (primary N) is 1. The summed E-state index contributed by atoms with van der Waals surface area (Å²) in [4.78, 5) is 0. The van der Waals surface area contributed by atoms with Crippen molar-refractivity contribution in [3.63, 3.8) is 0 Å². The molecule has 2 aromatic rings. The molecule has 0 saturated heterocycles. The number of oxime groups is 1. The molecule has 0 aromatic heterocycles. The second-order valence-corrected chi connectivity index (χ2v) is 5.54. The summed E-state index contributed by atoms with van der Waals surface area (Å²) >= 11 is 2.28. The molecule has 0 amide bonds. The number of amidine groups is 1. The van der Waals surface area contributed by atoms with Gasteiger partial charge in [-0.3, -0.25) is 0 Å². The van der Waals surface area contributed by atoms with E-state index >= 15 is 0 Å². The predicted molar refractivity (Wildman–Crippen MR) is 92.1 cm³/mol. The first-order valence-electron chi connectivity index (χ1n) is 6.39. The van der Waals surface area contributed by atoms with Crippen molar-refractivity contribution in [2.75, 3.05) is 18.5 Å². The van der Waals surface area contributed by atoms with Crippen molar-refractivity contribution in [3.05, 3.63) is 57.7 Å². The van der Waals surface area contributed by atoms with E-state index in [4.69, 9.17) is 15.7 Å². The van der Waals surface area contributed by atoms with Gasteiger partial charge in [0.25, 0.3) is 0 Å². The molecule has 0 atom stereocenters. The Morgan fingerprint density at radius 3 is 2.67 bits per heavy atom. The minimum Gasteiger partial charge on any atom is -0.492 e. The molecular weight excluding hydrogens is 381 g/mol. The van der Waals surface area contributed by atoms with Crippen LogP contribution >= 0.6 is 22.6 Å². The van der Waals surface area contributed by atoms with Gasteiger partial charge in [-0.1, -0.05) is 11.2 Å². The molecule has 0 spiro atoms. The van der Waals surface area contributed by atoms with Gasteiger partial charge < -0.3 is 21.0 Å². The minimum atomic E-state index is 0.0851. The average Bonchev–Trinajstić information content (AvgIpc) is 2.51. The number of anilines is 1. The molecule has 0 bridgehead atoms. The summed E-state index contributed by atoms with van der Waals surface area (Å²) in [5.74, 6) is 0.829. The number of halogens is 1. The van der Waals surface area contributed by atoms with Crippen molar-refractivity contribution in [1.82, 2.24) is 0 Å². The van der Waals surface area contributed by atoms with Crippen LogP contribution in [0.3, 0.4) is 0 Å². The van der Waals surface area contributed by atoms with Crippen molar-refractivity contribution in [3.8, 4) is 5.75 Å². The van der Waals surface area contributed by atoms with Gasteiger partial charge in [0.15, 0.2) is 5.84 Å². The molecule has 0 radical (unpaired) electrons. The van der Waals surface area contributed by atoms with Crippen LogP contribution in [0.1, 0.15) is 5.56 Å². The van der Waals surface area contributed by atoms with Crippen LogP contribution in [0.2, 0.25) is 0 Å². The second-order valence-electron chi connectivity index (χ2n) is 4.30. The van der Waals surface area contributed by atoms with Crippen LogP contribution in [-0.2, 0) is 0 Å². The van der Waals surface area contributed by atoms with Gasteiger partial charge in [0.2, 0.25) is 0 Å². The Kier molecular flexibility index (Phi) is 5.68. The summed E-state index contributed by atoms with van der Waals surface area (Å²) in [5.41, 5.74) is 7.22. The third-order valence-electron chi connectivity index (χ3n) is 2.78. The molecule has 21 heavy (non-hydrogen) atoms. The van der Waals surface area contributed by atoms with Crippen molar-refractivity contribution < 1.29 is 9.94 Å². The number of nitrogens with one attached hydrogen (secondary N) is 1. The Balaban J connectivity index is 1.78. The lowest BCUT2D eigenvalue weighted by molar-refractivity contribution is 0.318. The van der Waals surface area contributed by atoms with E-state index in [1.807, 2.05) is 18.2 Å². The Hall–Kier alpha value is -1.96. The zero-order chi connectivity index (χ0) is 15.1. The SMILES string of the molecule is NC(=NO)c1ccc(OCCNc2cccc(I)c2)cc1. The molecule has 0 saturated carbocycles. The number of nitrogens with zero attached hydrogens (tertiary/aromatic N) is 1. The zero-order valence-corrected chi connectivity index (χ0v) is 13.4. The third kappa shape index (κ3) is 4.82. The van der Waals surface area contributed by atoms with E-state index in [0.29, 0.717) is 18.7 Å². The van der Waals surface area contributed by atoms with Gasteiger partial charge in [-0.05, 0) is 65.1 Å². The van der Waals surface area contributed by atoms with E-state index in [2.05, 4.69) is 39.1 Å². The normalized spacial score (nSPS) is 11.2. The smallest absolute Gasteiger partial charge is 0.170 e. The maximum absolute atomic E-state index is 8.58. The minimum absolute atomic E-state index is 0.0851. The van der Waals surface area contributed by atoms with E-state index in [1.165, 1.54) is 3.57 Å². The predicted octanol–water partition coefficient (Wildman–Crippen LogP) is 2.88. The highest BCUT2D eigenvalue weighted by Crippen LogP contribution is 2.13. The van der Waals surface area contributed by atoms with Gasteiger partial charge in [-0.2, -0.15) is 0 Å². The van der Waals surface area contributed by atoms with E-state index in [0.717, 1.165) is 11.4 Å². The molecule has 5 nitrogen and oxygen atoms in total. The van der Waals surface area contributed by atoms with Crippen LogP contribution in [0.25, 0.3) is 0 Å². The standard InChI is InChI=1S/C15H16IN3O2/c16-12-2-1-3-13(10-12)18-8-9-21-14-6-4-11(5-7-14)15(17)19-20/h1-7,10,18,20H,8-9H2,(H2,17,19). The Labute approximate surface area is 136 Å². The highest BCUT2D eigenvalue weighted by molar-refractivity contribution is 14.1. The molecule has 2 aromatic carbocycles. The third-order valence-corrected chi connectivity index (χ3v) is 3.45. The van der Waals surface area contributed by atoms with Gasteiger partial charge in [-0.25, -0.2) is 0 Å². The van der Waals surface area contributed by atoms with Crippen molar-refractivity contribution in [2.45, 2.75) is 0 Å². The molecule has 4 N–H and O–H groups in total. The van der Waals surface area contributed by atoms with Crippen LogP contribution in [0.5, 0.6) is 5.75 Å². The van der Waals surface area contributed by atoms with Gasteiger partial charge in [0.05, 0.1) is 0 Å². The molecule has 0 aliphatic rings. The van der Waals surface area contributed by atoms with Gasteiger partial charge in [0, 0.05) is 21.4 Å². The van der Waals surface area contributed by atoms with Crippen LogP contribution in [0, 0.1) is 3.57 Å². The molecule has 0 fully saturated rings. The maximum Gasteiger partial charge on any atom is 0.170 e. The van der Waals surface area contributed by atoms with E-state index in [1.54, 1.807) is 24.3 Å². The number of ether oxygens (including phenoxy) is 1. The molecular formula is C15H16IN3O2. The van der Waals surface area contributed by atoms with Crippen molar-refractivity contribution in [2.24, 2.45) is 10.9 Å². The van der Waals surface area contributed by atoms with Crippen LogP contribution in [-0.4, -0.2) is 24.2 Å². The first kappa shape index (κ1) is 15.4. The summed E-state index contributed by atoms with van der Waals surface area (Å²) in [5, 5.41) is 14.8. The Morgan fingerprint density at radius 2 is 2.00 bits per heavy atom. The fraction of sp³-hybridized carbons (Fsp3) is 0.133. The zero-order valence-electron chi connectivity index (χ0n) is 11.3. The fourth-order valence-electron chi connectivity index (χ4n) is 1.74. The molecule has 2 rings (SSSR count). The number of rotatable bonds is 6. The average molecular weight is 397 g/mol. The summed E-state index contributed by atoms with van der Waals surface area (Å²) < 4.78 is 6.81. The lowest BCUT2D eigenvalue weighted by Gasteiger charge is -2.09. The lowest BCUT2D eigenvalue weighted by atomic mass is 10.2. The van der Waals surface area contributed by atoms with Crippen molar-refractivity contribution in [1.29, 1.82) is 0 Å². The second kappa shape index (κ2) is 7.72. The highest BCUT2D eigenvalue weighted by atomic mass is 127. The van der Waals surface area contributed by atoms with E-state index in [9.17, 15) is 0 Å². The van der Waals surface area contributed by atoms with Crippen molar-refractivity contribution >= 4 is 34.1 Å². The van der Waals surface area contributed by atoms with Crippen LogP contribution < -0.4 is 15.8 Å². The monoisotopic (exact) mass is 397 g/mol. The van der Waals surface area contributed by atoms with Gasteiger partial charge >= 0.3 is 0 Å². The summed E-state index contributed by atoms with van der Waals surface area (Å²) in [6.07, 6.45) is 0. The summed E-state index contributed by atoms with van der Waals surface area (Å²) in [6.45, 7) is 1.26. The fourth-order valence-corrected chi connectivity index (χ4v) is 2.29. The van der Waals surface area contributed by atoms with E-state index < -0.39 is 0 Å². The number of hydrogen-bond acceptors (Lipinski definition) is 4. The van der Waals surface area contributed by atoms with Gasteiger partial charge in [-0.15, -0.1) is 0 Å². The molecule has 6 heteroatoms. The van der Waals surface area contributed by atoms with Crippen LogP contribution in [0.4, 0.5) is 5.69 Å². The topological polar surface area (TPSA) is 79.9 Å². The molecule has 0 aliphatic carbocycles. The highest BCUT2D eigenvalue weighted by Gasteiger charge is 2.00. The maximum atomic E-state index is 8.58. The summed E-state index contributed by atoms with van der Waals surface area (Å²) in [7, 11) is 0. The summed E-state index contributed by atoms with van der Waals surface area (Å²) in [6, 6.07) is 15.2. The quantitative estimate of drug-likeness (QED) is 0.175. The molecule has 110 valence electrons. The Bertz CT molecular complexity index is 615. The molecule has 0 aliphatic heterocycles. The number of hydrogen-bond donors (Lipinski definition) is 3. The molecule has 0 unspecified atom stereocenters. The first-order valence-corrected chi connectivity index (χ1v) is 7.47. The largest absolute Gasteiger partial charge is 0.492 e. The van der Waals surface area contributed by atoms with Crippen LogP contribution in [0.15, 0.2) is 53.7 Å². The Morgan fingerprint density at radius 1 is 1.24 bits per heavy atom. The number of benzene rings is 2. The first-order chi connectivity index (χ1) is 10.2. The molecule has 0 heterocycles. The lowest BCUT2D eigenvalue weighted by Crippen LogP contribution is -2.13. The van der Waals surface area contributed by atoms with E-state index in [-0.39, 0.29) is 5.84 Å².